The Morgan fingerprint density at radius 3 is 2.76 bits per heavy atom. The number of carbonyl (C=O) groups excluding carboxylic acids is 1. The van der Waals surface area contributed by atoms with Gasteiger partial charge < -0.3 is 10.6 Å². The van der Waals surface area contributed by atoms with Crippen LogP contribution in [0.2, 0.25) is 0 Å². The second-order valence-electron chi connectivity index (χ2n) is 4.94. The lowest BCUT2D eigenvalue weighted by molar-refractivity contribution is -0.385. The lowest BCUT2D eigenvalue weighted by atomic mass is 10.1. The Morgan fingerprint density at radius 1 is 1.43 bits per heavy atom. The Morgan fingerprint density at radius 2 is 2.14 bits per heavy atom. The number of rotatable bonds is 5. The molecule has 0 spiro atoms. The smallest absolute Gasteiger partial charge is 0.285 e. The summed E-state index contributed by atoms with van der Waals surface area (Å²) >= 11 is 0. The van der Waals surface area contributed by atoms with E-state index < -0.39 is 33.7 Å². The van der Waals surface area contributed by atoms with Crippen molar-refractivity contribution >= 4 is 11.6 Å². The van der Waals surface area contributed by atoms with Gasteiger partial charge in [-0.15, -0.1) is 0 Å². The largest absolute Gasteiger partial charge is 0.352 e. The third-order valence-electron chi connectivity index (χ3n) is 3.48. The summed E-state index contributed by atoms with van der Waals surface area (Å²) in [6.07, 6.45) is 1.75. The first kappa shape index (κ1) is 15.3. The molecule has 21 heavy (non-hydrogen) atoms. The molecule has 8 heteroatoms. The van der Waals surface area contributed by atoms with Gasteiger partial charge in [0.05, 0.1) is 11.0 Å². The summed E-state index contributed by atoms with van der Waals surface area (Å²) in [5, 5.41) is 16.5. The zero-order valence-electron chi connectivity index (χ0n) is 11.2. The van der Waals surface area contributed by atoms with Crippen molar-refractivity contribution in [3.8, 4) is 0 Å². The number of hydrogen-bond acceptors (Lipinski definition) is 4. The molecule has 1 amide bonds. The fourth-order valence-corrected chi connectivity index (χ4v) is 2.32. The highest BCUT2D eigenvalue weighted by Gasteiger charge is 2.24. The van der Waals surface area contributed by atoms with E-state index >= 15 is 0 Å². The molecule has 1 saturated heterocycles. The van der Waals surface area contributed by atoms with Gasteiger partial charge in [-0.05, 0) is 37.9 Å². The summed E-state index contributed by atoms with van der Waals surface area (Å²) in [4.78, 5) is 21.8. The molecule has 1 aromatic rings. The molecule has 0 saturated carbocycles. The second-order valence-corrected chi connectivity index (χ2v) is 4.94. The van der Waals surface area contributed by atoms with Gasteiger partial charge >= 0.3 is 0 Å². The SMILES string of the molecule is O=C(NCCC1CCNC1)c1cc(F)c(F)cc1[N+](=O)[O-]. The van der Waals surface area contributed by atoms with Gasteiger partial charge in [-0.1, -0.05) is 0 Å². The maximum Gasteiger partial charge on any atom is 0.285 e. The van der Waals surface area contributed by atoms with E-state index in [0.29, 0.717) is 24.6 Å². The summed E-state index contributed by atoms with van der Waals surface area (Å²) in [6, 6.07) is 0.977. The summed E-state index contributed by atoms with van der Waals surface area (Å²) in [6.45, 7) is 2.15. The Labute approximate surface area is 119 Å². The lowest BCUT2D eigenvalue weighted by Crippen LogP contribution is -2.27. The van der Waals surface area contributed by atoms with Crippen molar-refractivity contribution in [2.45, 2.75) is 12.8 Å². The molecule has 2 rings (SSSR count). The van der Waals surface area contributed by atoms with E-state index in [4.69, 9.17) is 0 Å². The van der Waals surface area contributed by atoms with Gasteiger partial charge in [0.2, 0.25) is 0 Å². The minimum absolute atomic E-state index is 0.335. The van der Waals surface area contributed by atoms with Crippen LogP contribution in [-0.4, -0.2) is 30.5 Å². The van der Waals surface area contributed by atoms with Crippen molar-refractivity contribution in [1.82, 2.24) is 10.6 Å². The van der Waals surface area contributed by atoms with Crippen LogP contribution in [0.5, 0.6) is 0 Å². The Hall–Kier alpha value is -2.09. The van der Waals surface area contributed by atoms with Gasteiger partial charge in [-0.2, -0.15) is 0 Å². The average molecular weight is 299 g/mol. The molecule has 1 heterocycles. The molecule has 1 fully saturated rings. The second kappa shape index (κ2) is 6.57. The van der Waals surface area contributed by atoms with Crippen LogP contribution >= 0.6 is 0 Å². The van der Waals surface area contributed by atoms with Gasteiger partial charge in [-0.25, -0.2) is 8.78 Å². The van der Waals surface area contributed by atoms with E-state index in [-0.39, 0.29) is 0 Å². The number of nitro benzene ring substituents is 1. The molecule has 0 bridgehead atoms. The van der Waals surface area contributed by atoms with Crippen molar-refractivity contribution in [2.24, 2.45) is 5.92 Å². The molecular weight excluding hydrogens is 284 g/mol. The molecule has 2 N–H and O–H groups in total. The van der Waals surface area contributed by atoms with Crippen LogP contribution < -0.4 is 10.6 Å². The number of benzene rings is 1. The fraction of sp³-hybridized carbons (Fsp3) is 0.462. The molecule has 0 aromatic heterocycles. The number of amides is 1. The molecule has 0 aliphatic carbocycles. The Kier molecular flexibility index (Phi) is 4.79. The highest BCUT2D eigenvalue weighted by molar-refractivity contribution is 5.98. The average Bonchev–Trinajstić information content (AvgIpc) is 2.94. The highest BCUT2D eigenvalue weighted by Crippen LogP contribution is 2.22. The zero-order valence-corrected chi connectivity index (χ0v) is 11.2. The van der Waals surface area contributed by atoms with E-state index in [1.54, 1.807) is 0 Å². The van der Waals surface area contributed by atoms with E-state index in [0.717, 1.165) is 25.9 Å². The summed E-state index contributed by atoms with van der Waals surface area (Å²) in [5.41, 5.74) is -1.21. The van der Waals surface area contributed by atoms with E-state index in [1.807, 2.05) is 0 Å². The third-order valence-corrected chi connectivity index (χ3v) is 3.48. The Balaban J connectivity index is 2.03. The van der Waals surface area contributed by atoms with Gasteiger partial charge in [0.1, 0.15) is 5.56 Å². The summed E-state index contributed by atoms with van der Waals surface area (Å²) in [5.74, 6) is -2.96. The number of hydrogen-bond donors (Lipinski definition) is 2. The van der Waals surface area contributed by atoms with Crippen LogP contribution in [0.25, 0.3) is 0 Å². The number of nitrogens with zero attached hydrogens (tertiary/aromatic N) is 1. The number of halogens is 2. The summed E-state index contributed by atoms with van der Waals surface area (Å²) < 4.78 is 26.2. The van der Waals surface area contributed by atoms with E-state index in [1.165, 1.54) is 0 Å². The molecule has 1 aromatic carbocycles. The maximum absolute atomic E-state index is 13.2. The number of nitro groups is 1. The van der Waals surface area contributed by atoms with Gasteiger partial charge in [0, 0.05) is 6.54 Å². The summed E-state index contributed by atoms with van der Waals surface area (Å²) in [7, 11) is 0. The number of nitrogens with one attached hydrogen (secondary N) is 2. The minimum atomic E-state index is -1.35. The van der Waals surface area contributed by atoms with Crippen LogP contribution in [-0.2, 0) is 0 Å². The van der Waals surface area contributed by atoms with Crippen LogP contribution in [0.3, 0.4) is 0 Å². The first-order valence-electron chi connectivity index (χ1n) is 6.61. The van der Waals surface area contributed by atoms with Crippen LogP contribution in [0.15, 0.2) is 12.1 Å². The predicted octanol–water partition coefficient (Wildman–Crippen LogP) is 1.60. The fourth-order valence-electron chi connectivity index (χ4n) is 2.32. The van der Waals surface area contributed by atoms with Crippen molar-refractivity contribution in [3.63, 3.8) is 0 Å². The maximum atomic E-state index is 13.2. The molecule has 1 atom stereocenters. The van der Waals surface area contributed by atoms with Crippen LogP contribution in [0.4, 0.5) is 14.5 Å². The third kappa shape index (κ3) is 3.72. The van der Waals surface area contributed by atoms with Gasteiger partial charge in [0.15, 0.2) is 11.6 Å². The molecule has 1 aliphatic heterocycles. The predicted molar refractivity (Wildman–Crippen MR) is 70.9 cm³/mol. The zero-order chi connectivity index (χ0) is 15.4. The molecule has 0 radical (unpaired) electrons. The van der Waals surface area contributed by atoms with Crippen molar-refractivity contribution in [3.05, 3.63) is 39.4 Å². The van der Waals surface area contributed by atoms with Crippen LogP contribution in [0.1, 0.15) is 23.2 Å². The highest BCUT2D eigenvalue weighted by atomic mass is 19.2. The van der Waals surface area contributed by atoms with Crippen molar-refractivity contribution in [1.29, 1.82) is 0 Å². The monoisotopic (exact) mass is 299 g/mol. The number of carbonyl (C=O) groups is 1. The molecule has 1 unspecified atom stereocenters. The quantitative estimate of drug-likeness (QED) is 0.639. The first-order valence-corrected chi connectivity index (χ1v) is 6.61. The topological polar surface area (TPSA) is 84.3 Å². The molecular formula is C13H15F2N3O3. The standard InChI is InChI=1S/C13H15F2N3O3/c14-10-5-9(12(18(20)21)6-11(10)15)13(19)17-4-2-8-1-3-16-7-8/h5-6,8,16H,1-4,7H2,(H,17,19). The molecule has 1 aliphatic rings. The lowest BCUT2D eigenvalue weighted by Gasteiger charge is -2.09. The van der Waals surface area contributed by atoms with E-state index in [2.05, 4.69) is 10.6 Å². The minimum Gasteiger partial charge on any atom is -0.352 e. The van der Waals surface area contributed by atoms with Gasteiger partial charge in [0.25, 0.3) is 11.6 Å². The van der Waals surface area contributed by atoms with E-state index in [9.17, 15) is 23.7 Å². The normalized spacial score (nSPS) is 17.7. The first-order chi connectivity index (χ1) is 9.99. The Bertz CT molecular complexity index is 560. The van der Waals surface area contributed by atoms with Crippen molar-refractivity contribution < 1.29 is 18.5 Å². The van der Waals surface area contributed by atoms with Crippen molar-refractivity contribution in [2.75, 3.05) is 19.6 Å². The van der Waals surface area contributed by atoms with Gasteiger partial charge in [-0.3, -0.25) is 14.9 Å². The molecule has 114 valence electrons. The van der Waals surface area contributed by atoms with Crippen LogP contribution in [0, 0.1) is 27.7 Å². The molecule has 6 nitrogen and oxygen atoms in total.